The first-order valence-electron chi connectivity index (χ1n) is 6.19. The molecule has 3 aromatic rings. The molecule has 0 amide bonds. The van der Waals surface area contributed by atoms with E-state index in [1.807, 2.05) is 24.3 Å². The maximum absolute atomic E-state index is 12.2. The fourth-order valence-electron chi connectivity index (χ4n) is 2.27. The molecule has 0 radical (unpaired) electrons. The summed E-state index contributed by atoms with van der Waals surface area (Å²) in [5.74, 6) is 1.01. The van der Waals surface area contributed by atoms with Crippen LogP contribution in [0.15, 0.2) is 33.5 Å². The molecule has 1 aromatic carbocycles. The highest BCUT2D eigenvalue weighted by Crippen LogP contribution is 2.41. The third kappa shape index (κ3) is 1.67. The van der Waals surface area contributed by atoms with E-state index < -0.39 is 0 Å². The predicted octanol–water partition coefficient (Wildman–Crippen LogP) is 2.68. The lowest BCUT2D eigenvalue weighted by atomic mass is 10.3. The van der Waals surface area contributed by atoms with Crippen LogP contribution in [0.4, 0.5) is 0 Å². The van der Waals surface area contributed by atoms with Crippen molar-refractivity contribution in [3.05, 3.63) is 44.8 Å². The molecule has 0 aliphatic heterocycles. The van der Waals surface area contributed by atoms with E-state index in [-0.39, 0.29) is 5.56 Å². The summed E-state index contributed by atoms with van der Waals surface area (Å²) < 4.78 is 2.09. The number of halogens is 1. The van der Waals surface area contributed by atoms with E-state index in [0.717, 1.165) is 29.6 Å². The van der Waals surface area contributed by atoms with Gasteiger partial charge in [0.2, 0.25) is 5.95 Å². The van der Waals surface area contributed by atoms with Gasteiger partial charge in [0, 0.05) is 5.92 Å². The SMILES string of the molecule is O=c1c(Br)c(C2CC2)[nH]n1-c1nc2ccccc2[nH]1. The lowest BCUT2D eigenvalue weighted by Crippen LogP contribution is -2.15. The van der Waals surface area contributed by atoms with E-state index in [1.54, 1.807) is 0 Å². The van der Waals surface area contributed by atoms with Gasteiger partial charge in [-0.15, -0.1) is 0 Å². The number of rotatable bonds is 2. The maximum Gasteiger partial charge on any atom is 0.288 e. The van der Waals surface area contributed by atoms with Gasteiger partial charge in [-0.2, -0.15) is 4.68 Å². The Morgan fingerprint density at radius 1 is 1.32 bits per heavy atom. The first kappa shape index (κ1) is 11.0. The summed E-state index contributed by atoms with van der Waals surface area (Å²) in [6.45, 7) is 0. The lowest BCUT2D eigenvalue weighted by Gasteiger charge is -1.95. The van der Waals surface area contributed by atoms with Crippen molar-refractivity contribution in [1.82, 2.24) is 19.7 Å². The van der Waals surface area contributed by atoms with Gasteiger partial charge in [-0.25, -0.2) is 4.98 Å². The van der Waals surface area contributed by atoms with Crippen molar-refractivity contribution < 1.29 is 0 Å². The van der Waals surface area contributed by atoms with E-state index in [0.29, 0.717) is 16.3 Å². The van der Waals surface area contributed by atoms with E-state index in [1.165, 1.54) is 4.68 Å². The number of hydrogen-bond donors (Lipinski definition) is 2. The number of hydrogen-bond acceptors (Lipinski definition) is 2. The van der Waals surface area contributed by atoms with E-state index in [4.69, 9.17) is 0 Å². The molecule has 0 saturated heterocycles. The number of benzene rings is 1. The summed E-state index contributed by atoms with van der Waals surface area (Å²) in [5.41, 5.74) is 2.65. The van der Waals surface area contributed by atoms with Gasteiger partial charge in [-0.1, -0.05) is 12.1 Å². The molecule has 0 atom stereocenters. The molecule has 1 saturated carbocycles. The molecule has 4 rings (SSSR count). The zero-order valence-corrected chi connectivity index (χ0v) is 11.6. The second kappa shape index (κ2) is 3.84. The third-order valence-corrected chi connectivity index (χ3v) is 4.20. The first-order chi connectivity index (χ1) is 9.24. The molecule has 1 aliphatic rings. The molecule has 0 spiro atoms. The fraction of sp³-hybridized carbons (Fsp3) is 0.231. The summed E-state index contributed by atoms with van der Waals surface area (Å²) >= 11 is 3.38. The number of fused-ring (bicyclic) bond motifs is 1. The minimum atomic E-state index is -0.0963. The summed E-state index contributed by atoms with van der Waals surface area (Å²) in [5, 5.41) is 3.15. The Labute approximate surface area is 116 Å². The largest absolute Gasteiger partial charge is 0.322 e. The number of para-hydroxylation sites is 2. The average molecular weight is 319 g/mol. The second-order valence-corrected chi connectivity index (χ2v) is 5.62. The predicted molar refractivity (Wildman–Crippen MR) is 75.7 cm³/mol. The van der Waals surface area contributed by atoms with Crippen LogP contribution < -0.4 is 5.56 Å². The van der Waals surface area contributed by atoms with Crippen LogP contribution in [0, 0.1) is 0 Å². The molecule has 1 aliphatic carbocycles. The Morgan fingerprint density at radius 2 is 2.11 bits per heavy atom. The highest BCUT2D eigenvalue weighted by molar-refractivity contribution is 9.10. The fourth-order valence-corrected chi connectivity index (χ4v) is 2.86. The molecule has 1 fully saturated rings. The van der Waals surface area contributed by atoms with Crippen LogP contribution in [-0.2, 0) is 0 Å². The van der Waals surface area contributed by atoms with Crippen LogP contribution in [0.5, 0.6) is 0 Å². The van der Waals surface area contributed by atoms with Crippen LogP contribution in [0.1, 0.15) is 24.5 Å². The average Bonchev–Trinajstić information content (AvgIpc) is 3.10. The Morgan fingerprint density at radius 3 is 2.84 bits per heavy atom. The van der Waals surface area contributed by atoms with Crippen LogP contribution in [0.3, 0.4) is 0 Å². The Balaban J connectivity index is 1.91. The molecule has 2 N–H and O–H groups in total. The molecule has 19 heavy (non-hydrogen) atoms. The molecule has 96 valence electrons. The van der Waals surface area contributed by atoms with Gasteiger partial charge in [-0.3, -0.25) is 9.89 Å². The van der Waals surface area contributed by atoms with Crippen molar-refractivity contribution in [2.45, 2.75) is 18.8 Å². The number of aromatic nitrogens is 4. The molecule has 2 aromatic heterocycles. The highest BCUT2D eigenvalue weighted by Gasteiger charge is 2.30. The van der Waals surface area contributed by atoms with Gasteiger partial charge < -0.3 is 4.98 Å². The van der Waals surface area contributed by atoms with Crippen molar-refractivity contribution in [3.63, 3.8) is 0 Å². The molecule has 0 bridgehead atoms. The zero-order chi connectivity index (χ0) is 13.0. The van der Waals surface area contributed by atoms with Gasteiger partial charge in [-0.05, 0) is 40.9 Å². The van der Waals surface area contributed by atoms with Crippen LogP contribution in [0.25, 0.3) is 17.0 Å². The third-order valence-electron chi connectivity index (χ3n) is 3.43. The molecule has 0 unspecified atom stereocenters. The van der Waals surface area contributed by atoms with E-state index in [2.05, 4.69) is 31.0 Å². The van der Waals surface area contributed by atoms with Gasteiger partial charge in [0.1, 0.15) is 4.47 Å². The number of aromatic amines is 2. The van der Waals surface area contributed by atoms with Crippen LogP contribution in [-0.4, -0.2) is 19.7 Å². The van der Waals surface area contributed by atoms with Gasteiger partial charge in [0.25, 0.3) is 5.56 Å². The van der Waals surface area contributed by atoms with Crippen molar-refractivity contribution in [3.8, 4) is 5.95 Å². The van der Waals surface area contributed by atoms with E-state index >= 15 is 0 Å². The normalized spacial score (nSPS) is 15.2. The number of H-pyrrole nitrogens is 2. The van der Waals surface area contributed by atoms with Gasteiger partial charge in [0.05, 0.1) is 16.7 Å². The minimum Gasteiger partial charge on any atom is -0.322 e. The van der Waals surface area contributed by atoms with Gasteiger partial charge >= 0.3 is 0 Å². The van der Waals surface area contributed by atoms with Crippen molar-refractivity contribution in [1.29, 1.82) is 0 Å². The van der Waals surface area contributed by atoms with Crippen molar-refractivity contribution in [2.24, 2.45) is 0 Å². The molecular weight excluding hydrogens is 308 g/mol. The van der Waals surface area contributed by atoms with Crippen molar-refractivity contribution in [2.75, 3.05) is 0 Å². The lowest BCUT2D eigenvalue weighted by molar-refractivity contribution is 0.778. The number of nitrogens with zero attached hydrogens (tertiary/aromatic N) is 2. The van der Waals surface area contributed by atoms with Gasteiger partial charge in [0.15, 0.2) is 0 Å². The van der Waals surface area contributed by atoms with E-state index in [9.17, 15) is 4.79 Å². The molecule has 6 heteroatoms. The summed E-state index contributed by atoms with van der Waals surface area (Å²) in [6, 6.07) is 7.72. The molecule has 5 nitrogen and oxygen atoms in total. The molecular formula is C13H11BrN4O. The topological polar surface area (TPSA) is 66.5 Å². The summed E-state index contributed by atoms with van der Waals surface area (Å²) in [7, 11) is 0. The maximum atomic E-state index is 12.2. The zero-order valence-electron chi connectivity index (χ0n) is 9.98. The van der Waals surface area contributed by atoms with Crippen LogP contribution >= 0.6 is 15.9 Å². The monoisotopic (exact) mass is 318 g/mol. The number of nitrogens with one attached hydrogen (secondary N) is 2. The summed E-state index contributed by atoms with van der Waals surface area (Å²) in [4.78, 5) is 19.8. The quantitative estimate of drug-likeness (QED) is 0.763. The highest BCUT2D eigenvalue weighted by atomic mass is 79.9. The minimum absolute atomic E-state index is 0.0963. The first-order valence-corrected chi connectivity index (χ1v) is 6.99. The molecule has 2 heterocycles. The van der Waals surface area contributed by atoms with Crippen LogP contribution in [0.2, 0.25) is 0 Å². The second-order valence-electron chi connectivity index (χ2n) is 4.83. The van der Waals surface area contributed by atoms with Crippen molar-refractivity contribution >= 4 is 27.0 Å². The number of imidazole rings is 1. The Bertz CT molecular complexity index is 792. The standard InChI is InChI=1S/C13H11BrN4O/c14-10-11(7-5-6-7)17-18(12(10)19)13-15-8-3-1-2-4-9(8)16-13/h1-4,7,17H,5-6H2,(H,15,16). The summed E-state index contributed by atoms with van der Waals surface area (Å²) in [6.07, 6.45) is 2.28. The smallest absolute Gasteiger partial charge is 0.288 e. The Hall–Kier alpha value is -1.82. The Kier molecular flexibility index (Phi) is 2.23.